The molecule has 84 valence electrons. The van der Waals surface area contributed by atoms with E-state index in [9.17, 15) is 0 Å². The highest BCUT2D eigenvalue weighted by Crippen LogP contribution is 2.31. The number of hydrogen-bond acceptors (Lipinski definition) is 3. The van der Waals surface area contributed by atoms with Crippen molar-refractivity contribution in [1.29, 1.82) is 0 Å². The summed E-state index contributed by atoms with van der Waals surface area (Å²) in [5.74, 6) is 0.386. The van der Waals surface area contributed by atoms with Crippen molar-refractivity contribution in [2.45, 2.75) is 20.3 Å². The molecule has 0 fully saturated rings. The molecule has 2 N–H and O–H groups in total. The molecule has 0 radical (unpaired) electrons. The predicted molar refractivity (Wildman–Crippen MR) is 65.5 cm³/mol. The first-order valence-electron chi connectivity index (χ1n) is 5.14. The van der Waals surface area contributed by atoms with Gasteiger partial charge < -0.3 is 10.3 Å². The molecule has 1 aromatic heterocycles. The second kappa shape index (κ2) is 4.18. The molecule has 3 nitrogen and oxygen atoms in total. The van der Waals surface area contributed by atoms with Gasteiger partial charge in [0.25, 0.3) is 0 Å². The van der Waals surface area contributed by atoms with Crippen LogP contribution in [0.15, 0.2) is 22.7 Å². The summed E-state index contributed by atoms with van der Waals surface area (Å²) >= 11 is 5.98. The molecular formula is C12H13ClN2O. The Morgan fingerprint density at radius 3 is 2.88 bits per heavy atom. The number of rotatable bonds is 2. The average Bonchev–Trinajstić information content (AvgIpc) is 2.63. The van der Waals surface area contributed by atoms with E-state index in [1.54, 1.807) is 0 Å². The maximum absolute atomic E-state index is 5.98. The SMILES string of the molecule is CCc1c(-c2cc(Cl)ccc2C)noc1N. The summed E-state index contributed by atoms with van der Waals surface area (Å²) in [6, 6.07) is 5.70. The number of hydrogen-bond donors (Lipinski definition) is 1. The zero-order valence-electron chi connectivity index (χ0n) is 9.25. The van der Waals surface area contributed by atoms with Crippen LogP contribution in [0.2, 0.25) is 5.02 Å². The number of aromatic nitrogens is 1. The van der Waals surface area contributed by atoms with E-state index in [4.69, 9.17) is 21.9 Å². The van der Waals surface area contributed by atoms with Crippen LogP contribution in [0.4, 0.5) is 5.88 Å². The molecule has 4 heteroatoms. The maximum atomic E-state index is 5.98. The summed E-state index contributed by atoms with van der Waals surface area (Å²) in [5, 5.41) is 4.68. The van der Waals surface area contributed by atoms with Crippen LogP contribution in [0.25, 0.3) is 11.3 Å². The van der Waals surface area contributed by atoms with Crippen molar-refractivity contribution in [3.05, 3.63) is 34.3 Å². The highest BCUT2D eigenvalue weighted by Gasteiger charge is 2.15. The van der Waals surface area contributed by atoms with Crippen LogP contribution in [0.5, 0.6) is 0 Å². The van der Waals surface area contributed by atoms with Crippen molar-refractivity contribution in [3.8, 4) is 11.3 Å². The minimum Gasteiger partial charge on any atom is -0.367 e. The van der Waals surface area contributed by atoms with Crippen LogP contribution in [0.1, 0.15) is 18.1 Å². The Morgan fingerprint density at radius 1 is 1.44 bits per heavy atom. The summed E-state index contributed by atoms with van der Waals surface area (Å²) in [7, 11) is 0. The molecule has 0 saturated heterocycles. The minimum absolute atomic E-state index is 0.386. The summed E-state index contributed by atoms with van der Waals surface area (Å²) in [4.78, 5) is 0. The van der Waals surface area contributed by atoms with E-state index in [0.717, 1.165) is 28.8 Å². The molecule has 0 aliphatic carbocycles. The second-order valence-corrected chi connectivity index (χ2v) is 4.12. The zero-order valence-corrected chi connectivity index (χ0v) is 10.0. The van der Waals surface area contributed by atoms with E-state index in [0.29, 0.717) is 10.9 Å². The number of halogens is 1. The fraction of sp³-hybridized carbons (Fsp3) is 0.250. The molecule has 2 rings (SSSR count). The highest BCUT2D eigenvalue weighted by molar-refractivity contribution is 6.30. The largest absolute Gasteiger partial charge is 0.367 e. The van der Waals surface area contributed by atoms with Gasteiger partial charge in [-0.2, -0.15) is 0 Å². The van der Waals surface area contributed by atoms with Gasteiger partial charge in [-0.3, -0.25) is 0 Å². The number of nitrogens with zero attached hydrogens (tertiary/aromatic N) is 1. The topological polar surface area (TPSA) is 52.0 Å². The first-order valence-corrected chi connectivity index (χ1v) is 5.51. The normalized spacial score (nSPS) is 10.7. The average molecular weight is 237 g/mol. The summed E-state index contributed by atoms with van der Waals surface area (Å²) in [6.45, 7) is 4.03. The van der Waals surface area contributed by atoms with Gasteiger partial charge in [0.2, 0.25) is 5.88 Å². The molecule has 2 aromatic rings. The number of nitrogen functional groups attached to an aromatic ring is 1. The molecule has 0 atom stereocenters. The van der Waals surface area contributed by atoms with E-state index in [-0.39, 0.29) is 0 Å². The summed E-state index contributed by atoms with van der Waals surface area (Å²) in [5.41, 5.74) is 9.52. The minimum atomic E-state index is 0.386. The van der Waals surface area contributed by atoms with Crippen LogP contribution in [0, 0.1) is 6.92 Å². The predicted octanol–water partition coefficient (Wildman–Crippen LogP) is 3.45. The van der Waals surface area contributed by atoms with Gasteiger partial charge in [0, 0.05) is 16.1 Å². The van der Waals surface area contributed by atoms with E-state index < -0.39 is 0 Å². The van der Waals surface area contributed by atoms with E-state index >= 15 is 0 Å². The van der Waals surface area contributed by atoms with Gasteiger partial charge in [0.1, 0.15) is 5.69 Å². The number of nitrogens with two attached hydrogens (primary N) is 1. The van der Waals surface area contributed by atoms with Crippen molar-refractivity contribution in [2.24, 2.45) is 0 Å². The Bertz CT molecular complexity index is 520. The molecule has 1 aromatic carbocycles. The number of benzene rings is 1. The fourth-order valence-corrected chi connectivity index (χ4v) is 1.90. The van der Waals surface area contributed by atoms with E-state index in [1.807, 2.05) is 32.0 Å². The number of aryl methyl sites for hydroxylation is 1. The summed E-state index contributed by atoms with van der Waals surface area (Å²) in [6.07, 6.45) is 0.788. The third kappa shape index (κ3) is 1.78. The Kier molecular flexibility index (Phi) is 2.88. The van der Waals surface area contributed by atoms with Gasteiger partial charge in [0.05, 0.1) is 0 Å². The van der Waals surface area contributed by atoms with Crippen LogP contribution in [0.3, 0.4) is 0 Å². The summed E-state index contributed by atoms with van der Waals surface area (Å²) < 4.78 is 5.02. The van der Waals surface area contributed by atoms with Crippen LogP contribution in [-0.4, -0.2) is 5.16 Å². The lowest BCUT2D eigenvalue weighted by Crippen LogP contribution is -1.91. The first kappa shape index (κ1) is 11.0. The van der Waals surface area contributed by atoms with Gasteiger partial charge in [-0.05, 0) is 31.0 Å². The molecule has 1 heterocycles. The molecule has 0 spiro atoms. The van der Waals surface area contributed by atoms with E-state index in [1.165, 1.54) is 0 Å². The molecule has 0 amide bonds. The molecule has 0 aliphatic rings. The molecule has 0 aliphatic heterocycles. The van der Waals surface area contributed by atoms with Gasteiger partial charge in [-0.1, -0.05) is 29.7 Å². The smallest absolute Gasteiger partial charge is 0.225 e. The molecule has 16 heavy (non-hydrogen) atoms. The Labute approximate surface area is 99.2 Å². The standard InChI is InChI=1S/C12H13ClN2O/c1-3-9-11(15-16-12(9)14)10-6-8(13)5-4-7(10)2/h4-6H,3,14H2,1-2H3. The third-order valence-corrected chi connectivity index (χ3v) is 2.86. The van der Waals surface area contributed by atoms with Gasteiger partial charge in [-0.15, -0.1) is 0 Å². The van der Waals surface area contributed by atoms with Crippen molar-refractivity contribution in [2.75, 3.05) is 5.73 Å². The lowest BCUT2D eigenvalue weighted by molar-refractivity contribution is 0.438. The quantitative estimate of drug-likeness (QED) is 0.869. The first-order chi connectivity index (χ1) is 7.63. The Balaban J connectivity index is 2.62. The van der Waals surface area contributed by atoms with Crippen molar-refractivity contribution < 1.29 is 4.52 Å². The Hall–Kier alpha value is -1.48. The van der Waals surface area contributed by atoms with Crippen molar-refractivity contribution in [3.63, 3.8) is 0 Å². The van der Waals surface area contributed by atoms with Gasteiger partial charge >= 0.3 is 0 Å². The second-order valence-electron chi connectivity index (χ2n) is 3.69. The van der Waals surface area contributed by atoms with Crippen molar-refractivity contribution in [1.82, 2.24) is 5.16 Å². The van der Waals surface area contributed by atoms with Gasteiger partial charge in [0.15, 0.2) is 0 Å². The third-order valence-electron chi connectivity index (χ3n) is 2.63. The zero-order chi connectivity index (χ0) is 11.7. The molecule has 0 saturated carbocycles. The van der Waals surface area contributed by atoms with Crippen LogP contribution in [-0.2, 0) is 6.42 Å². The van der Waals surface area contributed by atoms with E-state index in [2.05, 4.69) is 5.16 Å². The van der Waals surface area contributed by atoms with Gasteiger partial charge in [-0.25, -0.2) is 0 Å². The molecule has 0 bridgehead atoms. The monoisotopic (exact) mass is 236 g/mol. The molecule has 0 unspecified atom stereocenters. The van der Waals surface area contributed by atoms with Crippen molar-refractivity contribution >= 4 is 17.5 Å². The number of anilines is 1. The fourth-order valence-electron chi connectivity index (χ4n) is 1.72. The highest BCUT2D eigenvalue weighted by atomic mass is 35.5. The Morgan fingerprint density at radius 2 is 2.19 bits per heavy atom. The maximum Gasteiger partial charge on any atom is 0.225 e. The van der Waals surface area contributed by atoms with Crippen LogP contribution < -0.4 is 5.73 Å². The lowest BCUT2D eigenvalue weighted by Gasteiger charge is -2.04. The lowest BCUT2D eigenvalue weighted by atomic mass is 10.0. The molecular weight excluding hydrogens is 224 g/mol. The van der Waals surface area contributed by atoms with Crippen LogP contribution >= 0.6 is 11.6 Å².